The minimum absolute atomic E-state index is 0.0253. The van der Waals surface area contributed by atoms with Gasteiger partial charge >= 0.3 is 0 Å². The first-order valence-corrected chi connectivity index (χ1v) is 9.46. The number of carboxylic acids is 1. The van der Waals surface area contributed by atoms with Crippen LogP contribution in [0, 0.1) is 0 Å². The van der Waals surface area contributed by atoms with Gasteiger partial charge in [-0.1, -0.05) is 32.0 Å². The maximum Gasteiger partial charge on any atom is 0.255 e. The first-order valence-electron chi connectivity index (χ1n) is 8.02. The molecule has 0 saturated heterocycles. The summed E-state index contributed by atoms with van der Waals surface area (Å²) >= 11 is 0. The lowest BCUT2D eigenvalue weighted by Crippen LogP contribution is -2.30. The van der Waals surface area contributed by atoms with Crippen LogP contribution in [-0.4, -0.2) is 37.7 Å². The SMILES string of the molecule is CCN(CC)S(=O)(=O)c1cccc(C(=O)Nc2cccc(C(=O)[O-])c2)c1. The van der Waals surface area contributed by atoms with E-state index in [1.807, 2.05) is 0 Å². The fourth-order valence-corrected chi connectivity index (χ4v) is 3.94. The van der Waals surface area contributed by atoms with Crippen molar-refractivity contribution in [3.05, 3.63) is 59.7 Å². The standard InChI is InChI=1S/C18H20N2O5S/c1-3-20(4-2)26(24,25)16-10-6-7-13(12-16)17(21)19-15-9-5-8-14(11-15)18(22)23/h5-12H,3-4H2,1-2H3,(H,19,21)(H,22,23)/p-1. The van der Waals surface area contributed by atoms with E-state index in [-0.39, 0.29) is 21.7 Å². The van der Waals surface area contributed by atoms with Crippen molar-refractivity contribution >= 4 is 27.6 Å². The predicted octanol–water partition coefficient (Wildman–Crippen LogP) is 1.33. The topological polar surface area (TPSA) is 107 Å². The quantitative estimate of drug-likeness (QED) is 0.786. The first-order chi connectivity index (χ1) is 12.3. The van der Waals surface area contributed by atoms with Crippen LogP contribution in [0.2, 0.25) is 0 Å². The number of anilines is 1. The van der Waals surface area contributed by atoms with Crippen molar-refractivity contribution in [2.24, 2.45) is 0 Å². The average molecular weight is 375 g/mol. The summed E-state index contributed by atoms with van der Waals surface area (Å²) in [6, 6.07) is 11.3. The van der Waals surface area contributed by atoms with Gasteiger partial charge in [0.25, 0.3) is 5.91 Å². The van der Waals surface area contributed by atoms with Crippen molar-refractivity contribution < 1.29 is 23.1 Å². The van der Waals surface area contributed by atoms with E-state index < -0.39 is 21.9 Å². The molecule has 0 radical (unpaired) electrons. The molecule has 1 N–H and O–H groups in total. The normalized spacial score (nSPS) is 11.3. The highest BCUT2D eigenvalue weighted by atomic mass is 32.2. The zero-order chi connectivity index (χ0) is 19.3. The Labute approximate surface area is 152 Å². The van der Waals surface area contributed by atoms with Crippen LogP contribution in [0.5, 0.6) is 0 Å². The molecule has 0 aliphatic rings. The second kappa shape index (κ2) is 8.11. The molecule has 26 heavy (non-hydrogen) atoms. The van der Waals surface area contributed by atoms with Gasteiger partial charge in [0, 0.05) is 24.3 Å². The molecule has 138 valence electrons. The monoisotopic (exact) mass is 375 g/mol. The Morgan fingerprint density at radius 3 is 2.23 bits per heavy atom. The van der Waals surface area contributed by atoms with Gasteiger partial charge in [0.1, 0.15) is 0 Å². The van der Waals surface area contributed by atoms with E-state index in [4.69, 9.17) is 0 Å². The fraction of sp³-hybridized carbons (Fsp3) is 0.222. The molecule has 2 aromatic rings. The molecule has 0 heterocycles. The molecule has 0 aliphatic heterocycles. The second-order valence-corrected chi connectivity index (χ2v) is 7.38. The molecule has 0 saturated carbocycles. The number of hydrogen-bond acceptors (Lipinski definition) is 5. The first kappa shape index (κ1) is 19.6. The van der Waals surface area contributed by atoms with Gasteiger partial charge in [0.2, 0.25) is 10.0 Å². The number of carboxylic acid groups (broad SMARTS) is 1. The zero-order valence-electron chi connectivity index (χ0n) is 14.4. The molecule has 0 aromatic heterocycles. The van der Waals surface area contributed by atoms with Crippen LogP contribution in [-0.2, 0) is 10.0 Å². The Morgan fingerprint density at radius 2 is 1.62 bits per heavy atom. The van der Waals surface area contributed by atoms with E-state index in [2.05, 4.69) is 5.32 Å². The third-order valence-electron chi connectivity index (χ3n) is 3.80. The number of benzene rings is 2. The maximum absolute atomic E-state index is 12.6. The molecule has 0 atom stereocenters. The van der Waals surface area contributed by atoms with Crippen molar-refractivity contribution in [1.29, 1.82) is 0 Å². The summed E-state index contributed by atoms with van der Waals surface area (Å²) in [5.41, 5.74) is 0.353. The summed E-state index contributed by atoms with van der Waals surface area (Å²) in [4.78, 5) is 23.3. The van der Waals surface area contributed by atoms with Gasteiger partial charge in [-0.3, -0.25) is 4.79 Å². The third kappa shape index (κ3) is 4.27. The van der Waals surface area contributed by atoms with Crippen molar-refractivity contribution in [2.45, 2.75) is 18.7 Å². The average Bonchev–Trinajstić information content (AvgIpc) is 2.62. The summed E-state index contributed by atoms with van der Waals surface area (Å²) in [7, 11) is -3.68. The number of amides is 1. The third-order valence-corrected chi connectivity index (χ3v) is 5.84. The lowest BCUT2D eigenvalue weighted by atomic mass is 10.2. The molecule has 0 fully saturated rings. The number of sulfonamides is 1. The summed E-state index contributed by atoms with van der Waals surface area (Å²) in [5, 5.41) is 13.4. The smallest absolute Gasteiger partial charge is 0.255 e. The number of nitrogens with one attached hydrogen (secondary N) is 1. The predicted molar refractivity (Wildman–Crippen MR) is 95.3 cm³/mol. The van der Waals surface area contributed by atoms with E-state index in [1.165, 1.54) is 52.8 Å². The molecule has 2 rings (SSSR count). The van der Waals surface area contributed by atoms with Gasteiger partial charge in [0.15, 0.2) is 0 Å². The number of aromatic carboxylic acids is 1. The fourth-order valence-electron chi connectivity index (χ4n) is 2.44. The molecule has 0 spiro atoms. The Morgan fingerprint density at radius 1 is 1.00 bits per heavy atom. The Kier molecular flexibility index (Phi) is 6.12. The summed E-state index contributed by atoms with van der Waals surface area (Å²) in [6.45, 7) is 4.13. The lowest BCUT2D eigenvalue weighted by Gasteiger charge is -2.18. The molecule has 0 bridgehead atoms. The number of carbonyl (C=O) groups is 2. The van der Waals surface area contributed by atoms with Gasteiger partial charge in [-0.15, -0.1) is 0 Å². The Hall–Kier alpha value is -2.71. The highest BCUT2D eigenvalue weighted by Gasteiger charge is 2.22. The highest BCUT2D eigenvalue weighted by molar-refractivity contribution is 7.89. The van der Waals surface area contributed by atoms with Gasteiger partial charge in [-0.25, -0.2) is 8.42 Å². The molecule has 0 unspecified atom stereocenters. The molecule has 0 aliphatic carbocycles. The highest BCUT2D eigenvalue weighted by Crippen LogP contribution is 2.18. The number of nitrogens with zero attached hydrogens (tertiary/aromatic N) is 1. The molecular weight excluding hydrogens is 356 g/mol. The largest absolute Gasteiger partial charge is 0.545 e. The lowest BCUT2D eigenvalue weighted by molar-refractivity contribution is -0.255. The van der Waals surface area contributed by atoms with Crippen molar-refractivity contribution in [3.63, 3.8) is 0 Å². The van der Waals surface area contributed by atoms with Crippen LogP contribution in [0.3, 0.4) is 0 Å². The number of carbonyl (C=O) groups excluding carboxylic acids is 2. The van der Waals surface area contributed by atoms with Crippen LogP contribution >= 0.6 is 0 Å². The Balaban J connectivity index is 2.29. The van der Waals surface area contributed by atoms with E-state index in [0.717, 1.165) is 0 Å². The summed E-state index contributed by atoms with van der Waals surface area (Å²) in [6.07, 6.45) is 0. The zero-order valence-corrected chi connectivity index (χ0v) is 15.2. The van der Waals surface area contributed by atoms with Crippen LogP contribution in [0.1, 0.15) is 34.6 Å². The van der Waals surface area contributed by atoms with Crippen LogP contribution in [0.15, 0.2) is 53.4 Å². The van der Waals surface area contributed by atoms with Crippen molar-refractivity contribution in [1.82, 2.24) is 4.31 Å². The molecule has 8 heteroatoms. The molecule has 2 aromatic carbocycles. The minimum atomic E-state index is -3.68. The van der Waals surface area contributed by atoms with E-state index in [0.29, 0.717) is 13.1 Å². The summed E-state index contributed by atoms with van der Waals surface area (Å²) < 4.78 is 26.4. The van der Waals surface area contributed by atoms with Crippen LogP contribution < -0.4 is 10.4 Å². The van der Waals surface area contributed by atoms with Crippen LogP contribution in [0.4, 0.5) is 5.69 Å². The minimum Gasteiger partial charge on any atom is -0.545 e. The number of hydrogen-bond donors (Lipinski definition) is 1. The van der Waals surface area contributed by atoms with Crippen LogP contribution in [0.25, 0.3) is 0 Å². The van der Waals surface area contributed by atoms with Gasteiger partial charge < -0.3 is 15.2 Å². The molecule has 7 nitrogen and oxygen atoms in total. The van der Waals surface area contributed by atoms with E-state index in [1.54, 1.807) is 13.8 Å². The van der Waals surface area contributed by atoms with Gasteiger partial charge in [0.05, 0.1) is 10.9 Å². The molecular formula is C18H19N2O5S-. The van der Waals surface area contributed by atoms with Crippen molar-refractivity contribution in [3.8, 4) is 0 Å². The summed E-state index contributed by atoms with van der Waals surface area (Å²) in [5.74, 6) is -1.90. The second-order valence-electron chi connectivity index (χ2n) is 5.44. The Bertz CT molecular complexity index is 921. The number of rotatable bonds is 7. The maximum atomic E-state index is 12.6. The molecule has 1 amide bonds. The van der Waals surface area contributed by atoms with Gasteiger partial charge in [-0.2, -0.15) is 4.31 Å². The van der Waals surface area contributed by atoms with E-state index in [9.17, 15) is 23.1 Å². The van der Waals surface area contributed by atoms with E-state index >= 15 is 0 Å². The van der Waals surface area contributed by atoms with Gasteiger partial charge in [-0.05, 0) is 35.9 Å². The van der Waals surface area contributed by atoms with Crippen molar-refractivity contribution in [2.75, 3.05) is 18.4 Å².